The second-order valence-electron chi connectivity index (χ2n) is 5.76. The molecule has 0 spiro atoms. The SMILES string of the molecule is CC(C)(N)C(=O)Nc1cccc(CN2CCSCC2)c1. The van der Waals surface area contributed by atoms with Crippen molar-refractivity contribution in [2.24, 2.45) is 5.73 Å². The molecule has 110 valence electrons. The van der Waals surface area contributed by atoms with Gasteiger partial charge in [-0.2, -0.15) is 11.8 Å². The number of nitrogens with two attached hydrogens (primary N) is 1. The van der Waals surface area contributed by atoms with Crippen molar-refractivity contribution in [2.45, 2.75) is 25.9 Å². The van der Waals surface area contributed by atoms with E-state index in [2.05, 4.69) is 16.3 Å². The molecule has 5 heteroatoms. The van der Waals surface area contributed by atoms with E-state index in [-0.39, 0.29) is 5.91 Å². The van der Waals surface area contributed by atoms with Crippen LogP contribution in [0.4, 0.5) is 5.69 Å². The Labute approximate surface area is 125 Å². The summed E-state index contributed by atoms with van der Waals surface area (Å²) < 4.78 is 0. The Balaban J connectivity index is 1.98. The number of hydrogen-bond donors (Lipinski definition) is 2. The molecule has 1 aliphatic heterocycles. The molecule has 3 N–H and O–H groups in total. The normalized spacial score (nSPS) is 16.9. The molecule has 0 atom stereocenters. The molecule has 0 aliphatic carbocycles. The molecular formula is C15H23N3OS. The van der Waals surface area contributed by atoms with Crippen LogP contribution < -0.4 is 11.1 Å². The number of hydrogen-bond acceptors (Lipinski definition) is 4. The van der Waals surface area contributed by atoms with Gasteiger partial charge < -0.3 is 11.1 Å². The van der Waals surface area contributed by atoms with Crippen molar-refractivity contribution in [2.75, 3.05) is 29.9 Å². The van der Waals surface area contributed by atoms with E-state index in [0.29, 0.717) is 0 Å². The third-order valence-electron chi connectivity index (χ3n) is 3.28. The van der Waals surface area contributed by atoms with Crippen LogP contribution in [0.1, 0.15) is 19.4 Å². The van der Waals surface area contributed by atoms with E-state index < -0.39 is 5.54 Å². The Morgan fingerprint density at radius 1 is 1.40 bits per heavy atom. The molecule has 4 nitrogen and oxygen atoms in total. The first-order valence-corrected chi connectivity index (χ1v) is 8.10. The van der Waals surface area contributed by atoms with Gasteiger partial charge in [-0.1, -0.05) is 12.1 Å². The summed E-state index contributed by atoms with van der Waals surface area (Å²) in [6, 6.07) is 8.02. The van der Waals surface area contributed by atoms with Gasteiger partial charge in [0.1, 0.15) is 0 Å². The van der Waals surface area contributed by atoms with Crippen molar-refractivity contribution < 1.29 is 4.79 Å². The third kappa shape index (κ3) is 4.51. The summed E-state index contributed by atoms with van der Waals surface area (Å²) in [4.78, 5) is 14.3. The summed E-state index contributed by atoms with van der Waals surface area (Å²) in [5.74, 6) is 2.25. The van der Waals surface area contributed by atoms with Crippen molar-refractivity contribution in [3.63, 3.8) is 0 Å². The standard InChI is InChI=1S/C15H23N3OS/c1-15(2,16)14(19)17-13-5-3-4-12(10-13)11-18-6-8-20-9-7-18/h3-5,10H,6-9,11,16H2,1-2H3,(H,17,19). The number of nitrogens with zero attached hydrogens (tertiary/aromatic N) is 1. The average Bonchev–Trinajstić information content (AvgIpc) is 2.39. The second-order valence-corrected chi connectivity index (χ2v) is 6.99. The van der Waals surface area contributed by atoms with E-state index >= 15 is 0 Å². The molecule has 0 saturated carbocycles. The first kappa shape index (κ1) is 15.4. The maximum Gasteiger partial charge on any atom is 0.243 e. The Morgan fingerprint density at radius 3 is 2.75 bits per heavy atom. The van der Waals surface area contributed by atoms with Gasteiger partial charge in [-0.15, -0.1) is 0 Å². The first-order chi connectivity index (χ1) is 9.45. The minimum absolute atomic E-state index is 0.163. The van der Waals surface area contributed by atoms with Crippen molar-refractivity contribution in [1.82, 2.24) is 4.90 Å². The van der Waals surface area contributed by atoms with Crippen LogP contribution in [0.3, 0.4) is 0 Å². The minimum atomic E-state index is -0.861. The molecule has 1 aliphatic rings. The van der Waals surface area contributed by atoms with Gasteiger partial charge in [0.25, 0.3) is 0 Å². The van der Waals surface area contributed by atoms with Gasteiger partial charge >= 0.3 is 0 Å². The fraction of sp³-hybridized carbons (Fsp3) is 0.533. The van der Waals surface area contributed by atoms with Gasteiger partial charge in [-0.05, 0) is 31.5 Å². The van der Waals surface area contributed by atoms with Crippen LogP contribution in [-0.4, -0.2) is 40.9 Å². The number of amides is 1. The quantitative estimate of drug-likeness (QED) is 0.890. The third-order valence-corrected chi connectivity index (χ3v) is 4.22. The molecule has 2 rings (SSSR count). The topological polar surface area (TPSA) is 58.4 Å². The van der Waals surface area contributed by atoms with E-state index in [1.165, 1.54) is 17.1 Å². The molecule has 0 radical (unpaired) electrons. The van der Waals surface area contributed by atoms with Crippen molar-refractivity contribution in [3.8, 4) is 0 Å². The Morgan fingerprint density at radius 2 is 2.10 bits per heavy atom. The van der Waals surface area contributed by atoms with Crippen LogP contribution >= 0.6 is 11.8 Å². The summed E-state index contributed by atoms with van der Waals surface area (Å²) in [5, 5.41) is 2.87. The van der Waals surface area contributed by atoms with Crippen LogP contribution in [-0.2, 0) is 11.3 Å². The average molecular weight is 293 g/mol. The van der Waals surface area contributed by atoms with Crippen molar-refractivity contribution >= 4 is 23.4 Å². The fourth-order valence-corrected chi connectivity index (χ4v) is 3.04. The molecule has 1 amide bonds. The van der Waals surface area contributed by atoms with Crippen molar-refractivity contribution in [3.05, 3.63) is 29.8 Å². The zero-order valence-electron chi connectivity index (χ0n) is 12.2. The lowest BCUT2D eigenvalue weighted by Crippen LogP contribution is -2.45. The summed E-state index contributed by atoms with van der Waals surface area (Å²) in [6.45, 7) is 6.62. The van der Waals surface area contributed by atoms with E-state index in [9.17, 15) is 4.79 Å². The smallest absolute Gasteiger partial charge is 0.243 e. The number of thioether (sulfide) groups is 1. The maximum absolute atomic E-state index is 11.9. The zero-order chi connectivity index (χ0) is 14.6. The maximum atomic E-state index is 11.9. The van der Waals surface area contributed by atoms with Crippen LogP contribution in [0.2, 0.25) is 0 Å². The summed E-state index contributed by atoms with van der Waals surface area (Å²) >= 11 is 2.01. The highest BCUT2D eigenvalue weighted by Crippen LogP contribution is 2.16. The van der Waals surface area contributed by atoms with Crippen LogP contribution in [0.25, 0.3) is 0 Å². The summed E-state index contributed by atoms with van der Waals surface area (Å²) in [5.41, 5.74) is 6.97. The number of carbonyl (C=O) groups is 1. The van der Waals surface area contributed by atoms with Gasteiger partial charge in [0.2, 0.25) is 5.91 Å². The number of benzene rings is 1. The summed E-state index contributed by atoms with van der Waals surface area (Å²) in [7, 11) is 0. The molecule has 0 unspecified atom stereocenters. The van der Waals surface area contributed by atoms with Crippen molar-refractivity contribution in [1.29, 1.82) is 0 Å². The molecule has 1 aromatic rings. The van der Waals surface area contributed by atoms with E-state index in [1.807, 2.05) is 30.0 Å². The van der Waals surface area contributed by atoms with Gasteiger partial charge in [-0.3, -0.25) is 9.69 Å². The Bertz CT molecular complexity index is 464. The lowest BCUT2D eigenvalue weighted by molar-refractivity contribution is -0.120. The molecule has 1 fully saturated rings. The number of rotatable bonds is 4. The predicted molar refractivity (Wildman–Crippen MR) is 85.9 cm³/mol. The highest BCUT2D eigenvalue weighted by atomic mass is 32.2. The second kappa shape index (κ2) is 6.61. The Hall–Kier alpha value is -1.04. The monoisotopic (exact) mass is 293 g/mol. The van der Waals surface area contributed by atoms with E-state index in [0.717, 1.165) is 25.3 Å². The fourth-order valence-electron chi connectivity index (χ4n) is 2.06. The van der Waals surface area contributed by atoms with Gasteiger partial charge in [0, 0.05) is 36.8 Å². The Kier molecular flexibility index (Phi) is 5.07. The molecule has 0 bridgehead atoms. The van der Waals surface area contributed by atoms with E-state index in [4.69, 9.17) is 5.73 Å². The van der Waals surface area contributed by atoms with Crippen LogP contribution in [0.5, 0.6) is 0 Å². The first-order valence-electron chi connectivity index (χ1n) is 6.94. The van der Waals surface area contributed by atoms with Crippen LogP contribution in [0.15, 0.2) is 24.3 Å². The predicted octanol–water partition coefficient (Wildman–Crippen LogP) is 1.91. The van der Waals surface area contributed by atoms with Gasteiger partial charge in [0.15, 0.2) is 0 Å². The molecule has 20 heavy (non-hydrogen) atoms. The molecule has 0 aromatic heterocycles. The molecule has 1 saturated heterocycles. The summed E-state index contributed by atoms with van der Waals surface area (Å²) in [6.07, 6.45) is 0. The van der Waals surface area contributed by atoms with Gasteiger partial charge in [-0.25, -0.2) is 0 Å². The number of carbonyl (C=O) groups excluding carboxylic acids is 1. The molecule has 1 heterocycles. The molecular weight excluding hydrogens is 270 g/mol. The van der Waals surface area contributed by atoms with Crippen LogP contribution in [0, 0.1) is 0 Å². The number of anilines is 1. The lowest BCUT2D eigenvalue weighted by atomic mass is 10.1. The largest absolute Gasteiger partial charge is 0.325 e. The molecule has 1 aromatic carbocycles. The highest BCUT2D eigenvalue weighted by Gasteiger charge is 2.21. The highest BCUT2D eigenvalue weighted by molar-refractivity contribution is 7.99. The minimum Gasteiger partial charge on any atom is -0.325 e. The lowest BCUT2D eigenvalue weighted by Gasteiger charge is -2.26. The number of nitrogens with one attached hydrogen (secondary N) is 1. The van der Waals surface area contributed by atoms with E-state index in [1.54, 1.807) is 13.8 Å². The zero-order valence-corrected chi connectivity index (χ0v) is 13.0. The van der Waals surface area contributed by atoms with Gasteiger partial charge in [0.05, 0.1) is 5.54 Å².